The molecular weight excluding hydrogens is 454 g/mol. The molecule has 9 heteroatoms. The van der Waals surface area contributed by atoms with Gasteiger partial charge >= 0.3 is 5.97 Å². The number of benzene rings is 2. The zero-order chi connectivity index (χ0) is 22.1. The van der Waals surface area contributed by atoms with Crippen molar-refractivity contribution in [2.24, 2.45) is 5.10 Å². The minimum absolute atomic E-state index is 0.0670. The van der Waals surface area contributed by atoms with Gasteiger partial charge in [0.2, 0.25) is 5.91 Å². The van der Waals surface area contributed by atoms with Crippen LogP contribution in [0.3, 0.4) is 0 Å². The number of ether oxygens (including phenoxy) is 2. The number of amides is 2. The van der Waals surface area contributed by atoms with Gasteiger partial charge < -0.3 is 14.8 Å². The van der Waals surface area contributed by atoms with Gasteiger partial charge in [-0.3, -0.25) is 9.59 Å². The van der Waals surface area contributed by atoms with Crippen molar-refractivity contribution < 1.29 is 23.9 Å². The summed E-state index contributed by atoms with van der Waals surface area (Å²) in [6.45, 7) is 3.26. The molecule has 2 rings (SSSR count). The molecule has 0 heterocycles. The number of anilines is 1. The van der Waals surface area contributed by atoms with E-state index in [4.69, 9.17) is 9.47 Å². The van der Waals surface area contributed by atoms with Gasteiger partial charge in [-0.25, -0.2) is 10.2 Å². The van der Waals surface area contributed by atoms with Crippen LogP contribution in [0.5, 0.6) is 5.75 Å². The van der Waals surface area contributed by atoms with Crippen LogP contribution in [0.15, 0.2) is 52.0 Å². The average Bonchev–Trinajstić information content (AvgIpc) is 2.71. The minimum Gasteiger partial charge on any atom is -0.483 e. The van der Waals surface area contributed by atoms with E-state index in [0.29, 0.717) is 17.1 Å². The molecule has 0 saturated heterocycles. The molecule has 0 atom stereocenters. The normalized spacial score (nSPS) is 10.9. The molecule has 0 saturated carbocycles. The number of carbonyl (C=O) groups excluding carboxylic acids is 3. The van der Waals surface area contributed by atoms with E-state index in [1.807, 2.05) is 19.1 Å². The highest BCUT2D eigenvalue weighted by atomic mass is 79.9. The van der Waals surface area contributed by atoms with E-state index in [1.54, 1.807) is 37.3 Å². The number of hydrogen-bond acceptors (Lipinski definition) is 6. The Morgan fingerprint density at radius 3 is 2.53 bits per heavy atom. The first-order valence-corrected chi connectivity index (χ1v) is 9.77. The summed E-state index contributed by atoms with van der Waals surface area (Å²) >= 11 is 3.36. The molecule has 2 amide bonds. The summed E-state index contributed by atoms with van der Waals surface area (Å²) in [7, 11) is 1.27. The first-order chi connectivity index (χ1) is 14.3. The quantitative estimate of drug-likeness (QED) is 0.345. The van der Waals surface area contributed by atoms with Gasteiger partial charge in [-0.05, 0) is 49.7 Å². The van der Waals surface area contributed by atoms with Crippen LogP contribution < -0.4 is 15.5 Å². The standard InChI is InChI=1S/C21H22BrN3O5/c1-13-10-15(22)8-9-18(13)30-12-20(27)25-24-14(2)11-19(26)23-17-7-5-4-6-16(17)21(28)29-3/h4-10H,11-12H2,1-3H3,(H,23,26)(H,25,27)/b24-14-. The lowest BCUT2D eigenvalue weighted by Gasteiger charge is -2.10. The summed E-state index contributed by atoms with van der Waals surface area (Å²) in [5, 5.41) is 6.55. The van der Waals surface area contributed by atoms with Crippen molar-refractivity contribution in [2.75, 3.05) is 19.0 Å². The third-order valence-corrected chi connectivity index (χ3v) is 4.38. The Morgan fingerprint density at radius 1 is 1.10 bits per heavy atom. The van der Waals surface area contributed by atoms with Crippen molar-refractivity contribution in [3.8, 4) is 5.75 Å². The third kappa shape index (κ3) is 7.00. The van der Waals surface area contributed by atoms with Crippen LogP contribution in [0, 0.1) is 6.92 Å². The van der Waals surface area contributed by atoms with E-state index in [1.165, 1.54) is 7.11 Å². The Bertz CT molecular complexity index is 975. The van der Waals surface area contributed by atoms with Gasteiger partial charge in [0.05, 0.1) is 24.8 Å². The second-order valence-electron chi connectivity index (χ2n) is 6.34. The molecule has 0 unspecified atom stereocenters. The summed E-state index contributed by atoms with van der Waals surface area (Å²) in [5.74, 6) is -0.793. The molecule has 0 radical (unpaired) electrons. The zero-order valence-electron chi connectivity index (χ0n) is 16.8. The topological polar surface area (TPSA) is 106 Å². The highest BCUT2D eigenvalue weighted by Gasteiger charge is 2.14. The van der Waals surface area contributed by atoms with Crippen molar-refractivity contribution in [1.82, 2.24) is 5.43 Å². The lowest BCUT2D eigenvalue weighted by molar-refractivity contribution is -0.123. The minimum atomic E-state index is -0.551. The van der Waals surface area contributed by atoms with E-state index in [2.05, 4.69) is 31.8 Å². The number of halogens is 1. The maximum Gasteiger partial charge on any atom is 0.339 e. The van der Waals surface area contributed by atoms with Crippen LogP contribution in [-0.2, 0) is 14.3 Å². The highest BCUT2D eigenvalue weighted by molar-refractivity contribution is 9.10. The fraction of sp³-hybridized carbons (Fsp3) is 0.238. The number of carbonyl (C=O) groups is 3. The predicted octanol–water partition coefficient (Wildman–Crippen LogP) is 3.44. The summed E-state index contributed by atoms with van der Waals surface area (Å²) in [6, 6.07) is 12.0. The van der Waals surface area contributed by atoms with E-state index in [9.17, 15) is 14.4 Å². The number of esters is 1. The second-order valence-corrected chi connectivity index (χ2v) is 7.26. The molecule has 0 aliphatic rings. The molecule has 0 fully saturated rings. The van der Waals surface area contributed by atoms with Crippen molar-refractivity contribution in [3.05, 3.63) is 58.1 Å². The number of methoxy groups -OCH3 is 1. The SMILES string of the molecule is COC(=O)c1ccccc1NC(=O)C/C(C)=N\NC(=O)COc1ccc(Br)cc1C. The molecule has 0 aliphatic heterocycles. The van der Waals surface area contributed by atoms with E-state index in [0.717, 1.165) is 10.0 Å². The second kappa shape index (κ2) is 11.1. The van der Waals surface area contributed by atoms with E-state index >= 15 is 0 Å². The van der Waals surface area contributed by atoms with Crippen LogP contribution in [0.4, 0.5) is 5.69 Å². The molecule has 0 spiro atoms. The van der Waals surface area contributed by atoms with Crippen LogP contribution in [-0.4, -0.2) is 37.2 Å². The van der Waals surface area contributed by atoms with Crippen LogP contribution in [0.25, 0.3) is 0 Å². The third-order valence-electron chi connectivity index (χ3n) is 3.89. The van der Waals surface area contributed by atoms with Gasteiger partial charge in [0.25, 0.3) is 5.91 Å². The number of hydrazone groups is 1. The van der Waals surface area contributed by atoms with Crippen molar-refractivity contribution in [1.29, 1.82) is 0 Å². The van der Waals surface area contributed by atoms with Crippen molar-refractivity contribution >= 4 is 45.1 Å². The van der Waals surface area contributed by atoms with Gasteiger partial charge in [-0.15, -0.1) is 0 Å². The van der Waals surface area contributed by atoms with Gasteiger partial charge in [0, 0.05) is 10.2 Å². The number of aryl methyl sites for hydroxylation is 1. The number of hydrogen-bond donors (Lipinski definition) is 2. The highest BCUT2D eigenvalue weighted by Crippen LogP contribution is 2.22. The lowest BCUT2D eigenvalue weighted by atomic mass is 10.1. The Labute approximate surface area is 182 Å². The number of para-hydroxylation sites is 1. The summed E-state index contributed by atoms with van der Waals surface area (Å²) in [5.41, 5.74) is 4.21. The Hall–Kier alpha value is -3.20. The van der Waals surface area contributed by atoms with Crippen molar-refractivity contribution in [2.45, 2.75) is 20.3 Å². The molecule has 8 nitrogen and oxygen atoms in total. The summed E-state index contributed by atoms with van der Waals surface area (Å²) < 4.78 is 11.1. The Morgan fingerprint density at radius 2 is 1.83 bits per heavy atom. The number of nitrogens with zero attached hydrogens (tertiary/aromatic N) is 1. The Kier molecular flexibility index (Phi) is 8.54. The summed E-state index contributed by atoms with van der Waals surface area (Å²) in [6.07, 6.45) is -0.0670. The fourth-order valence-corrected chi connectivity index (χ4v) is 2.93. The number of nitrogens with one attached hydrogen (secondary N) is 2. The molecule has 0 aliphatic carbocycles. The largest absolute Gasteiger partial charge is 0.483 e. The van der Waals surface area contributed by atoms with E-state index < -0.39 is 11.9 Å². The smallest absolute Gasteiger partial charge is 0.339 e. The molecule has 0 aromatic heterocycles. The van der Waals surface area contributed by atoms with Gasteiger partial charge in [0.15, 0.2) is 6.61 Å². The zero-order valence-corrected chi connectivity index (χ0v) is 18.4. The average molecular weight is 476 g/mol. The molecule has 0 bridgehead atoms. The molecular formula is C21H22BrN3O5. The Balaban J connectivity index is 1.85. The monoisotopic (exact) mass is 475 g/mol. The molecule has 2 aromatic rings. The molecule has 30 heavy (non-hydrogen) atoms. The number of rotatable bonds is 8. The lowest BCUT2D eigenvalue weighted by Crippen LogP contribution is -2.26. The predicted molar refractivity (Wildman–Crippen MR) is 117 cm³/mol. The summed E-state index contributed by atoms with van der Waals surface area (Å²) in [4.78, 5) is 35.9. The fourth-order valence-electron chi connectivity index (χ4n) is 2.45. The molecule has 2 aromatic carbocycles. The van der Waals surface area contributed by atoms with Crippen LogP contribution >= 0.6 is 15.9 Å². The van der Waals surface area contributed by atoms with Gasteiger partial charge in [-0.1, -0.05) is 28.1 Å². The maximum absolute atomic E-state index is 12.2. The first-order valence-electron chi connectivity index (χ1n) is 8.98. The van der Waals surface area contributed by atoms with Crippen molar-refractivity contribution in [3.63, 3.8) is 0 Å². The van der Waals surface area contributed by atoms with Crippen LogP contribution in [0.1, 0.15) is 29.3 Å². The van der Waals surface area contributed by atoms with Gasteiger partial charge in [-0.2, -0.15) is 5.10 Å². The van der Waals surface area contributed by atoms with Gasteiger partial charge in [0.1, 0.15) is 5.75 Å². The molecule has 2 N–H and O–H groups in total. The molecule has 158 valence electrons. The van der Waals surface area contributed by atoms with Crippen LogP contribution in [0.2, 0.25) is 0 Å². The first kappa shape index (κ1) is 23.1. The maximum atomic E-state index is 12.2. The van der Waals surface area contributed by atoms with E-state index in [-0.39, 0.29) is 24.5 Å².